The van der Waals surface area contributed by atoms with E-state index in [-0.39, 0.29) is 11.3 Å². The molecule has 0 saturated carbocycles. The molecule has 1 aliphatic heterocycles. The summed E-state index contributed by atoms with van der Waals surface area (Å²) < 4.78 is 0. The number of nitro benzene ring substituents is 1. The highest BCUT2D eigenvalue weighted by Gasteiger charge is 2.43. The fraction of sp³-hybridized carbons (Fsp3) is 0.158. The number of aryl methyl sites for hydroxylation is 1. The Labute approximate surface area is 149 Å². The number of nitrogens with zero attached hydrogens (tertiary/aromatic N) is 2. The SMILES string of the molecule is CC(=O)C1=C(O)C(=O)N(c2ccc(C)cc2)[C@H]1c1ccc([N+](=O)[O-])cc1. The first-order chi connectivity index (χ1) is 12.3. The van der Waals surface area contributed by atoms with E-state index in [9.17, 15) is 24.8 Å². The Hall–Kier alpha value is -3.48. The zero-order valence-corrected chi connectivity index (χ0v) is 14.2. The number of nitro groups is 1. The Kier molecular flexibility index (Phi) is 4.29. The number of carbonyl (C=O) groups excluding carboxylic acids is 2. The predicted octanol–water partition coefficient (Wildman–Crippen LogP) is 3.39. The first-order valence-electron chi connectivity index (χ1n) is 7.90. The summed E-state index contributed by atoms with van der Waals surface area (Å²) in [5, 5.41) is 21.1. The Morgan fingerprint density at radius 2 is 1.69 bits per heavy atom. The zero-order valence-electron chi connectivity index (χ0n) is 14.2. The van der Waals surface area contributed by atoms with E-state index >= 15 is 0 Å². The van der Waals surface area contributed by atoms with Crippen LogP contribution >= 0.6 is 0 Å². The average molecular weight is 352 g/mol. The lowest BCUT2D eigenvalue weighted by Gasteiger charge is -2.26. The first-order valence-corrected chi connectivity index (χ1v) is 7.90. The third kappa shape index (κ3) is 2.83. The largest absolute Gasteiger partial charge is 0.503 e. The quantitative estimate of drug-likeness (QED) is 0.671. The highest BCUT2D eigenvalue weighted by Crippen LogP contribution is 2.41. The van der Waals surface area contributed by atoms with Gasteiger partial charge in [-0.15, -0.1) is 0 Å². The summed E-state index contributed by atoms with van der Waals surface area (Å²) in [5.41, 5.74) is 1.89. The predicted molar refractivity (Wildman–Crippen MR) is 94.8 cm³/mol. The van der Waals surface area contributed by atoms with E-state index in [2.05, 4.69) is 0 Å². The van der Waals surface area contributed by atoms with Crippen LogP contribution in [0.5, 0.6) is 0 Å². The second-order valence-electron chi connectivity index (χ2n) is 6.08. The first kappa shape index (κ1) is 17.3. The normalized spacial score (nSPS) is 16.9. The van der Waals surface area contributed by atoms with E-state index in [0.717, 1.165) is 5.56 Å². The maximum atomic E-state index is 12.6. The monoisotopic (exact) mass is 352 g/mol. The van der Waals surface area contributed by atoms with Gasteiger partial charge in [0.05, 0.1) is 16.5 Å². The second-order valence-corrected chi connectivity index (χ2v) is 6.08. The maximum absolute atomic E-state index is 12.6. The third-order valence-corrected chi connectivity index (χ3v) is 4.32. The van der Waals surface area contributed by atoms with Gasteiger partial charge >= 0.3 is 0 Å². The van der Waals surface area contributed by atoms with Gasteiger partial charge < -0.3 is 5.11 Å². The number of benzene rings is 2. The van der Waals surface area contributed by atoms with Crippen LogP contribution in [-0.4, -0.2) is 21.7 Å². The van der Waals surface area contributed by atoms with Crippen LogP contribution in [0.25, 0.3) is 0 Å². The summed E-state index contributed by atoms with van der Waals surface area (Å²) >= 11 is 0. The molecular weight excluding hydrogens is 336 g/mol. The molecule has 0 saturated heterocycles. The Morgan fingerprint density at radius 3 is 2.19 bits per heavy atom. The number of anilines is 1. The van der Waals surface area contributed by atoms with Crippen molar-refractivity contribution >= 4 is 23.1 Å². The molecule has 0 spiro atoms. The van der Waals surface area contributed by atoms with Crippen molar-refractivity contribution in [3.05, 3.63) is 81.1 Å². The summed E-state index contributed by atoms with van der Waals surface area (Å²) in [6, 6.07) is 11.8. The minimum absolute atomic E-state index is 0.0237. The van der Waals surface area contributed by atoms with Crippen molar-refractivity contribution < 1.29 is 19.6 Å². The summed E-state index contributed by atoms with van der Waals surface area (Å²) in [6.07, 6.45) is 0. The maximum Gasteiger partial charge on any atom is 0.294 e. The number of aliphatic hydroxyl groups excluding tert-OH is 1. The molecule has 1 N–H and O–H groups in total. The minimum atomic E-state index is -0.844. The van der Waals surface area contributed by atoms with Crippen LogP contribution in [0.2, 0.25) is 0 Å². The van der Waals surface area contributed by atoms with Gasteiger partial charge in [-0.25, -0.2) is 0 Å². The number of Topliss-reactive ketones (excluding diaryl/α,β-unsaturated/α-hetero) is 1. The summed E-state index contributed by atoms with van der Waals surface area (Å²) in [7, 11) is 0. The number of aliphatic hydroxyl groups is 1. The van der Waals surface area contributed by atoms with Gasteiger partial charge in [0.15, 0.2) is 11.5 Å². The van der Waals surface area contributed by atoms with Gasteiger partial charge in [0.25, 0.3) is 11.6 Å². The van der Waals surface area contributed by atoms with Crippen LogP contribution in [-0.2, 0) is 9.59 Å². The van der Waals surface area contributed by atoms with Gasteiger partial charge in [-0.1, -0.05) is 17.7 Å². The van der Waals surface area contributed by atoms with Gasteiger partial charge in [0, 0.05) is 17.8 Å². The molecule has 1 amide bonds. The summed E-state index contributed by atoms with van der Waals surface area (Å²) in [5.74, 6) is -1.71. The van der Waals surface area contributed by atoms with Crippen molar-refractivity contribution in [3.63, 3.8) is 0 Å². The Bertz CT molecular complexity index is 929. The topological polar surface area (TPSA) is 101 Å². The molecule has 7 heteroatoms. The minimum Gasteiger partial charge on any atom is -0.503 e. The van der Waals surface area contributed by atoms with E-state index < -0.39 is 28.4 Å². The van der Waals surface area contributed by atoms with Crippen LogP contribution in [0.3, 0.4) is 0 Å². The number of ketones is 1. The molecule has 0 bridgehead atoms. The van der Waals surface area contributed by atoms with Crippen molar-refractivity contribution in [1.29, 1.82) is 0 Å². The van der Waals surface area contributed by atoms with Gasteiger partial charge in [-0.3, -0.25) is 24.6 Å². The number of amides is 1. The third-order valence-electron chi connectivity index (χ3n) is 4.32. The van der Waals surface area contributed by atoms with Crippen molar-refractivity contribution in [2.75, 3.05) is 4.90 Å². The van der Waals surface area contributed by atoms with Crippen LogP contribution in [0.4, 0.5) is 11.4 Å². The molecule has 7 nitrogen and oxygen atoms in total. The van der Waals surface area contributed by atoms with Crippen molar-refractivity contribution in [3.8, 4) is 0 Å². The van der Waals surface area contributed by atoms with Crippen molar-refractivity contribution in [2.45, 2.75) is 19.9 Å². The molecule has 1 atom stereocenters. The Balaban J connectivity index is 2.14. The molecule has 26 heavy (non-hydrogen) atoms. The van der Waals surface area contributed by atoms with Crippen LogP contribution in [0.15, 0.2) is 59.9 Å². The van der Waals surface area contributed by atoms with E-state index in [1.54, 1.807) is 12.1 Å². The molecule has 2 aromatic carbocycles. The van der Waals surface area contributed by atoms with Crippen molar-refractivity contribution in [1.82, 2.24) is 0 Å². The molecular formula is C19H16N2O5. The number of rotatable bonds is 4. The molecule has 132 valence electrons. The second kappa shape index (κ2) is 6.44. The lowest BCUT2D eigenvalue weighted by Crippen LogP contribution is -2.30. The van der Waals surface area contributed by atoms with E-state index in [0.29, 0.717) is 11.3 Å². The average Bonchev–Trinajstić information content (AvgIpc) is 2.87. The number of hydrogen-bond donors (Lipinski definition) is 1. The summed E-state index contributed by atoms with van der Waals surface area (Å²) in [6.45, 7) is 3.18. The zero-order chi connectivity index (χ0) is 19.0. The van der Waals surface area contributed by atoms with Gasteiger partial charge in [-0.2, -0.15) is 0 Å². The number of hydrogen-bond acceptors (Lipinski definition) is 5. The molecule has 0 radical (unpaired) electrons. The standard InChI is InChI=1S/C19H16N2O5/c1-11-3-7-14(8-4-11)20-17(16(12(2)22)18(23)19(20)24)13-5-9-15(10-6-13)21(25)26/h3-10,17,23H,1-2H3/t17-/m0/s1. The summed E-state index contributed by atoms with van der Waals surface area (Å²) in [4.78, 5) is 36.4. The molecule has 0 unspecified atom stereocenters. The number of carbonyl (C=O) groups is 2. The fourth-order valence-corrected chi connectivity index (χ4v) is 3.03. The van der Waals surface area contributed by atoms with E-state index in [1.165, 1.54) is 36.1 Å². The highest BCUT2D eigenvalue weighted by atomic mass is 16.6. The molecule has 0 fully saturated rings. The molecule has 0 aliphatic carbocycles. The smallest absolute Gasteiger partial charge is 0.294 e. The molecule has 0 aromatic heterocycles. The van der Waals surface area contributed by atoms with Crippen molar-refractivity contribution in [2.24, 2.45) is 0 Å². The molecule has 1 aliphatic rings. The number of non-ortho nitro benzene ring substituents is 1. The van der Waals surface area contributed by atoms with Crippen LogP contribution in [0, 0.1) is 17.0 Å². The molecule has 2 aromatic rings. The van der Waals surface area contributed by atoms with Gasteiger partial charge in [0.2, 0.25) is 0 Å². The molecule has 3 rings (SSSR count). The lowest BCUT2D eigenvalue weighted by atomic mass is 9.96. The van der Waals surface area contributed by atoms with Crippen LogP contribution in [0.1, 0.15) is 24.1 Å². The van der Waals surface area contributed by atoms with Gasteiger partial charge in [-0.05, 0) is 43.7 Å². The van der Waals surface area contributed by atoms with E-state index in [4.69, 9.17) is 0 Å². The van der Waals surface area contributed by atoms with Crippen LogP contribution < -0.4 is 4.90 Å². The fourth-order valence-electron chi connectivity index (χ4n) is 3.03. The highest BCUT2D eigenvalue weighted by molar-refractivity contribution is 6.16. The van der Waals surface area contributed by atoms with E-state index in [1.807, 2.05) is 19.1 Å². The van der Waals surface area contributed by atoms with Gasteiger partial charge in [0.1, 0.15) is 0 Å². The Morgan fingerprint density at radius 1 is 1.12 bits per heavy atom. The molecule has 1 heterocycles. The lowest BCUT2D eigenvalue weighted by molar-refractivity contribution is -0.384.